The van der Waals surface area contributed by atoms with Crippen LogP contribution >= 0.6 is 0 Å². The van der Waals surface area contributed by atoms with Crippen LogP contribution in [0, 0.1) is 0 Å². The molecule has 154 valence electrons. The van der Waals surface area contributed by atoms with E-state index in [4.69, 9.17) is 0 Å². The third-order valence-electron chi connectivity index (χ3n) is 4.96. The normalized spacial score (nSPS) is 10.7. The lowest BCUT2D eigenvalue weighted by molar-refractivity contribution is 0.240. The molecule has 1 aromatic rings. The van der Waals surface area contributed by atoms with E-state index >= 15 is 0 Å². The van der Waals surface area contributed by atoms with E-state index in [9.17, 15) is 9.90 Å². The number of phenols is 1. The third-order valence-corrected chi connectivity index (χ3v) is 4.96. The Morgan fingerprint density at radius 2 is 1.22 bits per heavy atom. The van der Waals surface area contributed by atoms with Crippen molar-refractivity contribution in [3.8, 4) is 5.75 Å². The molecule has 0 aromatic heterocycles. The quantitative estimate of drug-likeness (QED) is 0.297. The SMILES string of the molecule is CCCCCCCCCCCCCCCNC(=O)NCc1ccc(O)cc1. The first-order valence-electron chi connectivity index (χ1n) is 11.0. The molecule has 0 saturated carbocycles. The Bertz CT molecular complexity index is 474. The zero-order valence-electron chi connectivity index (χ0n) is 17.3. The minimum absolute atomic E-state index is 0.123. The molecule has 0 fully saturated rings. The first kappa shape index (κ1) is 23.3. The minimum Gasteiger partial charge on any atom is -0.508 e. The predicted molar refractivity (Wildman–Crippen MR) is 114 cm³/mol. The second-order valence-corrected chi connectivity index (χ2v) is 7.52. The summed E-state index contributed by atoms with van der Waals surface area (Å²) >= 11 is 0. The zero-order chi connectivity index (χ0) is 19.6. The summed E-state index contributed by atoms with van der Waals surface area (Å²) in [5, 5.41) is 15.0. The van der Waals surface area contributed by atoms with E-state index in [0.717, 1.165) is 18.5 Å². The number of amides is 2. The number of carbonyl (C=O) groups is 1. The topological polar surface area (TPSA) is 61.4 Å². The Balaban J connectivity index is 1.81. The fourth-order valence-corrected chi connectivity index (χ4v) is 3.20. The number of phenolic OH excluding ortho intramolecular Hbond substituents is 1. The van der Waals surface area contributed by atoms with Crippen LogP contribution in [-0.4, -0.2) is 17.7 Å². The molecule has 0 aliphatic rings. The van der Waals surface area contributed by atoms with Crippen LogP contribution in [0.3, 0.4) is 0 Å². The van der Waals surface area contributed by atoms with E-state index in [0.29, 0.717) is 6.54 Å². The molecule has 3 N–H and O–H groups in total. The Morgan fingerprint density at radius 1 is 0.741 bits per heavy atom. The van der Waals surface area contributed by atoms with Gasteiger partial charge in [0, 0.05) is 13.1 Å². The van der Waals surface area contributed by atoms with E-state index < -0.39 is 0 Å². The monoisotopic (exact) mass is 376 g/mol. The maximum absolute atomic E-state index is 11.7. The van der Waals surface area contributed by atoms with Gasteiger partial charge in [-0.15, -0.1) is 0 Å². The molecule has 0 saturated heterocycles. The van der Waals surface area contributed by atoms with Crippen molar-refractivity contribution < 1.29 is 9.90 Å². The first-order chi connectivity index (χ1) is 13.2. The third kappa shape index (κ3) is 14.1. The van der Waals surface area contributed by atoms with Crippen LogP contribution in [0.5, 0.6) is 5.75 Å². The standard InChI is InChI=1S/C23H40N2O2/c1-2-3-4-5-6-7-8-9-10-11-12-13-14-19-24-23(27)25-20-21-15-17-22(26)18-16-21/h15-18,26H,2-14,19-20H2,1H3,(H2,24,25,27). The maximum Gasteiger partial charge on any atom is 0.315 e. The summed E-state index contributed by atoms with van der Waals surface area (Å²) in [5.41, 5.74) is 0.976. The van der Waals surface area contributed by atoms with E-state index in [-0.39, 0.29) is 11.8 Å². The highest BCUT2D eigenvalue weighted by Crippen LogP contribution is 2.12. The second kappa shape index (κ2) is 16.5. The molecule has 0 aliphatic carbocycles. The summed E-state index contributed by atoms with van der Waals surface area (Å²) in [5.74, 6) is 0.241. The second-order valence-electron chi connectivity index (χ2n) is 7.52. The van der Waals surface area contributed by atoms with Crippen LogP contribution in [0.25, 0.3) is 0 Å². The number of benzene rings is 1. The van der Waals surface area contributed by atoms with Gasteiger partial charge in [-0.2, -0.15) is 0 Å². The molecule has 4 nitrogen and oxygen atoms in total. The van der Waals surface area contributed by atoms with Gasteiger partial charge in [0.25, 0.3) is 0 Å². The van der Waals surface area contributed by atoms with Gasteiger partial charge in [0.2, 0.25) is 0 Å². The van der Waals surface area contributed by atoms with Gasteiger partial charge in [-0.1, -0.05) is 96.1 Å². The molecular weight excluding hydrogens is 336 g/mol. The Labute approximate surface area is 166 Å². The fraction of sp³-hybridized carbons (Fsp3) is 0.696. The summed E-state index contributed by atoms with van der Waals surface area (Å²) in [6.45, 7) is 3.48. The molecule has 1 rings (SSSR count). The van der Waals surface area contributed by atoms with Gasteiger partial charge in [-0.3, -0.25) is 0 Å². The van der Waals surface area contributed by atoms with Gasteiger partial charge in [0.15, 0.2) is 0 Å². The maximum atomic E-state index is 11.7. The van der Waals surface area contributed by atoms with E-state index in [1.807, 2.05) is 12.1 Å². The van der Waals surface area contributed by atoms with Crippen LogP contribution < -0.4 is 10.6 Å². The van der Waals surface area contributed by atoms with Crippen molar-refractivity contribution >= 4 is 6.03 Å². The van der Waals surface area contributed by atoms with E-state index in [1.54, 1.807) is 12.1 Å². The van der Waals surface area contributed by atoms with Crippen molar-refractivity contribution in [2.45, 2.75) is 96.9 Å². The smallest absolute Gasteiger partial charge is 0.315 e. The van der Waals surface area contributed by atoms with Gasteiger partial charge < -0.3 is 15.7 Å². The van der Waals surface area contributed by atoms with Crippen LogP contribution in [0.15, 0.2) is 24.3 Å². The molecule has 0 unspecified atom stereocenters. The van der Waals surface area contributed by atoms with Crippen molar-refractivity contribution in [1.29, 1.82) is 0 Å². The average Bonchev–Trinajstić information content (AvgIpc) is 2.68. The largest absolute Gasteiger partial charge is 0.508 e. The lowest BCUT2D eigenvalue weighted by Gasteiger charge is -2.08. The number of rotatable bonds is 16. The molecule has 0 aliphatic heterocycles. The molecule has 0 spiro atoms. The molecule has 0 bridgehead atoms. The Hall–Kier alpha value is -1.71. The van der Waals surface area contributed by atoms with Crippen molar-refractivity contribution in [3.05, 3.63) is 29.8 Å². The Morgan fingerprint density at radius 3 is 1.74 bits per heavy atom. The van der Waals surface area contributed by atoms with Gasteiger partial charge in [-0.25, -0.2) is 4.79 Å². The molecule has 2 amide bonds. The van der Waals surface area contributed by atoms with Crippen LogP contribution in [-0.2, 0) is 6.54 Å². The number of hydrogen-bond acceptors (Lipinski definition) is 2. The Kier molecular flexibility index (Phi) is 14.2. The molecule has 0 atom stereocenters. The summed E-state index contributed by atoms with van der Waals surface area (Å²) in [6, 6.07) is 6.75. The number of urea groups is 1. The lowest BCUT2D eigenvalue weighted by atomic mass is 10.0. The van der Waals surface area contributed by atoms with Crippen LogP contribution in [0.1, 0.15) is 96.0 Å². The van der Waals surface area contributed by atoms with Gasteiger partial charge in [-0.05, 0) is 24.1 Å². The molecule has 27 heavy (non-hydrogen) atoms. The summed E-state index contributed by atoms with van der Waals surface area (Å²) in [6.07, 6.45) is 17.4. The highest BCUT2D eigenvalue weighted by atomic mass is 16.3. The highest BCUT2D eigenvalue weighted by Gasteiger charge is 2.00. The van der Waals surface area contributed by atoms with Crippen molar-refractivity contribution in [3.63, 3.8) is 0 Å². The molecule has 0 heterocycles. The zero-order valence-corrected chi connectivity index (χ0v) is 17.3. The number of hydrogen-bond donors (Lipinski definition) is 3. The van der Waals surface area contributed by atoms with E-state index in [1.165, 1.54) is 77.0 Å². The van der Waals surface area contributed by atoms with E-state index in [2.05, 4.69) is 17.6 Å². The fourth-order valence-electron chi connectivity index (χ4n) is 3.20. The summed E-state index contributed by atoms with van der Waals surface area (Å²) in [4.78, 5) is 11.7. The molecule has 0 radical (unpaired) electrons. The molecule has 4 heteroatoms. The number of unbranched alkanes of at least 4 members (excludes halogenated alkanes) is 12. The average molecular weight is 377 g/mol. The molecular formula is C23H40N2O2. The van der Waals surface area contributed by atoms with Gasteiger partial charge in [0.1, 0.15) is 5.75 Å². The minimum atomic E-state index is -0.123. The number of aromatic hydroxyl groups is 1. The lowest BCUT2D eigenvalue weighted by Crippen LogP contribution is -2.35. The number of carbonyl (C=O) groups excluding carboxylic acids is 1. The van der Waals surface area contributed by atoms with Gasteiger partial charge >= 0.3 is 6.03 Å². The highest BCUT2D eigenvalue weighted by molar-refractivity contribution is 5.73. The molecule has 1 aromatic carbocycles. The summed E-state index contributed by atoms with van der Waals surface area (Å²) in [7, 11) is 0. The van der Waals surface area contributed by atoms with Crippen molar-refractivity contribution in [2.24, 2.45) is 0 Å². The predicted octanol–water partition coefficient (Wildman–Crippen LogP) is 6.28. The van der Waals surface area contributed by atoms with Crippen LogP contribution in [0.2, 0.25) is 0 Å². The number of nitrogens with one attached hydrogen (secondary N) is 2. The van der Waals surface area contributed by atoms with Crippen molar-refractivity contribution in [2.75, 3.05) is 6.54 Å². The van der Waals surface area contributed by atoms with Gasteiger partial charge in [0.05, 0.1) is 0 Å². The van der Waals surface area contributed by atoms with Crippen molar-refractivity contribution in [1.82, 2.24) is 10.6 Å². The first-order valence-corrected chi connectivity index (χ1v) is 11.0. The summed E-state index contributed by atoms with van der Waals surface area (Å²) < 4.78 is 0. The van der Waals surface area contributed by atoms with Crippen LogP contribution in [0.4, 0.5) is 4.79 Å².